The number of carbonyl (C=O) groups is 2. The Hall–Kier alpha value is -3.81. The summed E-state index contributed by atoms with van der Waals surface area (Å²) in [6.45, 7) is 1.37. The summed E-state index contributed by atoms with van der Waals surface area (Å²) >= 11 is 0. The van der Waals surface area contributed by atoms with Crippen molar-refractivity contribution in [1.82, 2.24) is 25.5 Å². The molecule has 146 valence electrons. The molecule has 1 aliphatic rings. The van der Waals surface area contributed by atoms with E-state index in [0.717, 1.165) is 24.0 Å². The Kier molecular flexibility index (Phi) is 5.15. The van der Waals surface area contributed by atoms with Gasteiger partial charge in [-0.2, -0.15) is 0 Å². The Balaban J connectivity index is 1.57. The van der Waals surface area contributed by atoms with Gasteiger partial charge in [-0.05, 0) is 47.0 Å². The number of hydrogen-bond donors (Lipinski definition) is 2. The number of carbonyl (C=O) groups excluding carboxylic acids is 2. The standard InChI is InChI=1S/C21H20N6O2/c1-14(28)22-19(12-15-6-3-2-4-7-15)21(29)23-17-9-5-8-16(13-17)20-24-25-26-27(20)18-10-11-18/h2-9,12-13,18H,10-11H2,1H3,(H,22,28)(H,23,29)/b19-12+. The number of amides is 2. The van der Waals surface area contributed by atoms with Crippen molar-refractivity contribution in [3.05, 3.63) is 65.9 Å². The Morgan fingerprint density at radius 1 is 1.10 bits per heavy atom. The van der Waals surface area contributed by atoms with E-state index in [2.05, 4.69) is 26.2 Å². The maximum absolute atomic E-state index is 12.8. The summed E-state index contributed by atoms with van der Waals surface area (Å²) < 4.78 is 1.82. The highest BCUT2D eigenvalue weighted by Crippen LogP contribution is 2.36. The van der Waals surface area contributed by atoms with Crippen LogP contribution < -0.4 is 10.6 Å². The van der Waals surface area contributed by atoms with Crippen LogP contribution in [0.3, 0.4) is 0 Å². The smallest absolute Gasteiger partial charge is 0.272 e. The van der Waals surface area contributed by atoms with Crippen molar-refractivity contribution in [2.24, 2.45) is 0 Å². The third kappa shape index (κ3) is 4.55. The number of rotatable bonds is 6. The molecule has 3 aromatic rings. The molecule has 4 rings (SSSR count). The summed E-state index contributed by atoms with van der Waals surface area (Å²) in [6, 6.07) is 17.0. The molecular formula is C21H20N6O2. The first-order valence-electron chi connectivity index (χ1n) is 9.34. The van der Waals surface area contributed by atoms with Crippen molar-refractivity contribution < 1.29 is 9.59 Å². The zero-order chi connectivity index (χ0) is 20.2. The molecule has 0 radical (unpaired) electrons. The van der Waals surface area contributed by atoms with Crippen LogP contribution in [0.15, 0.2) is 60.3 Å². The molecular weight excluding hydrogens is 368 g/mol. The minimum Gasteiger partial charge on any atom is -0.322 e. The van der Waals surface area contributed by atoms with Gasteiger partial charge >= 0.3 is 0 Å². The van der Waals surface area contributed by atoms with Crippen LogP contribution in [0, 0.1) is 0 Å². The topological polar surface area (TPSA) is 102 Å². The fourth-order valence-electron chi connectivity index (χ4n) is 2.95. The predicted octanol–water partition coefficient (Wildman–Crippen LogP) is 2.79. The quantitative estimate of drug-likeness (QED) is 0.632. The van der Waals surface area contributed by atoms with E-state index in [1.54, 1.807) is 12.1 Å². The molecule has 29 heavy (non-hydrogen) atoms. The van der Waals surface area contributed by atoms with Gasteiger partial charge in [-0.3, -0.25) is 9.59 Å². The lowest BCUT2D eigenvalue weighted by molar-refractivity contribution is -0.120. The van der Waals surface area contributed by atoms with Gasteiger partial charge in [0.2, 0.25) is 5.91 Å². The molecule has 0 aliphatic heterocycles. The normalized spacial score (nSPS) is 13.8. The molecule has 1 saturated carbocycles. The maximum atomic E-state index is 12.8. The lowest BCUT2D eigenvalue weighted by Gasteiger charge is -2.11. The molecule has 0 unspecified atom stereocenters. The number of nitrogens with zero attached hydrogens (tertiary/aromatic N) is 4. The number of tetrazole rings is 1. The highest BCUT2D eigenvalue weighted by Gasteiger charge is 2.28. The molecule has 1 aromatic heterocycles. The average Bonchev–Trinajstić information content (AvgIpc) is 3.44. The largest absolute Gasteiger partial charge is 0.322 e. The summed E-state index contributed by atoms with van der Waals surface area (Å²) in [5.74, 6) is -0.0619. The van der Waals surface area contributed by atoms with Crippen LogP contribution in [0.2, 0.25) is 0 Å². The molecule has 0 saturated heterocycles. The third-order valence-corrected chi connectivity index (χ3v) is 4.43. The minimum atomic E-state index is -0.414. The number of benzene rings is 2. The first kappa shape index (κ1) is 18.5. The predicted molar refractivity (Wildman–Crippen MR) is 108 cm³/mol. The van der Waals surface area contributed by atoms with Gasteiger partial charge in [0.05, 0.1) is 6.04 Å². The van der Waals surface area contributed by atoms with Crippen LogP contribution in [-0.2, 0) is 9.59 Å². The SMILES string of the molecule is CC(=O)N/C(=C/c1ccccc1)C(=O)Nc1cccc(-c2nnnn2C2CC2)c1. The molecule has 2 N–H and O–H groups in total. The molecule has 0 spiro atoms. The van der Waals surface area contributed by atoms with E-state index < -0.39 is 5.91 Å². The van der Waals surface area contributed by atoms with Gasteiger partial charge in [0.25, 0.3) is 5.91 Å². The number of nitrogens with one attached hydrogen (secondary N) is 2. The number of aromatic nitrogens is 4. The second-order valence-corrected chi connectivity index (χ2v) is 6.86. The van der Waals surface area contributed by atoms with E-state index >= 15 is 0 Å². The van der Waals surface area contributed by atoms with E-state index in [1.165, 1.54) is 6.92 Å². The molecule has 2 amide bonds. The van der Waals surface area contributed by atoms with Crippen molar-refractivity contribution in [1.29, 1.82) is 0 Å². The van der Waals surface area contributed by atoms with Crippen molar-refractivity contribution in [3.63, 3.8) is 0 Å². The van der Waals surface area contributed by atoms with Gasteiger partial charge in [0.15, 0.2) is 5.82 Å². The van der Waals surface area contributed by atoms with Crippen molar-refractivity contribution in [2.75, 3.05) is 5.32 Å². The summed E-state index contributed by atoms with van der Waals surface area (Å²) in [4.78, 5) is 24.4. The first-order valence-corrected chi connectivity index (χ1v) is 9.34. The molecule has 8 heteroatoms. The molecule has 0 bridgehead atoms. The van der Waals surface area contributed by atoms with Crippen LogP contribution in [0.25, 0.3) is 17.5 Å². The summed E-state index contributed by atoms with van der Waals surface area (Å²) in [6.07, 6.45) is 3.77. The van der Waals surface area contributed by atoms with Crippen molar-refractivity contribution >= 4 is 23.6 Å². The lowest BCUT2D eigenvalue weighted by atomic mass is 10.1. The van der Waals surface area contributed by atoms with Gasteiger partial charge in [-0.15, -0.1) is 5.10 Å². The van der Waals surface area contributed by atoms with E-state index in [4.69, 9.17) is 0 Å². The molecule has 8 nitrogen and oxygen atoms in total. The zero-order valence-electron chi connectivity index (χ0n) is 15.9. The van der Waals surface area contributed by atoms with E-state index in [0.29, 0.717) is 17.6 Å². The van der Waals surface area contributed by atoms with Gasteiger partial charge in [0.1, 0.15) is 5.70 Å². The second kappa shape index (κ2) is 8.05. The molecule has 2 aromatic carbocycles. The molecule has 0 atom stereocenters. The Labute approximate surface area is 167 Å². The van der Waals surface area contributed by atoms with Crippen LogP contribution in [0.4, 0.5) is 5.69 Å². The third-order valence-electron chi connectivity index (χ3n) is 4.43. The van der Waals surface area contributed by atoms with Gasteiger partial charge in [0, 0.05) is 18.2 Å². The van der Waals surface area contributed by atoms with Crippen LogP contribution in [0.1, 0.15) is 31.4 Å². The van der Waals surface area contributed by atoms with Crippen LogP contribution in [-0.4, -0.2) is 32.0 Å². The zero-order valence-corrected chi connectivity index (χ0v) is 15.9. The van der Waals surface area contributed by atoms with Gasteiger partial charge < -0.3 is 10.6 Å². The number of hydrogen-bond acceptors (Lipinski definition) is 5. The van der Waals surface area contributed by atoms with Crippen molar-refractivity contribution in [3.8, 4) is 11.4 Å². The first-order chi connectivity index (χ1) is 14.1. The fraction of sp³-hybridized carbons (Fsp3) is 0.190. The number of anilines is 1. The van der Waals surface area contributed by atoms with Crippen LogP contribution in [0.5, 0.6) is 0 Å². The van der Waals surface area contributed by atoms with E-state index in [1.807, 2.05) is 53.2 Å². The van der Waals surface area contributed by atoms with E-state index in [-0.39, 0.29) is 11.6 Å². The average molecular weight is 388 g/mol. The van der Waals surface area contributed by atoms with Crippen molar-refractivity contribution in [2.45, 2.75) is 25.8 Å². The monoisotopic (exact) mass is 388 g/mol. The Morgan fingerprint density at radius 3 is 2.62 bits per heavy atom. The molecule has 1 fully saturated rings. The highest BCUT2D eigenvalue weighted by molar-refractivity contribution is 6.08. The fourth-order valence-corrected chi connectivity index (χ4v) is 2.95. The summed E-state index contributed by atoms with van der Waals surface area (Å²) in [5, 5.41) is 17.4. The summed E-state index contributed by atoms with van der Waals surface area (Å²) in [7, 11) is 0. The van der Waals surface area contributed by atoms with Crippen LogP contribution >= 0.6 is 0 Å². The minimum absolute atomic E-state index is 0.164. The second-order valence-electron chi connectivity index (χ2n) is 6.86. The molecule has 1 heterocycles. The Bertz CT molecular complexity index is 1070. The van der Waals surface area contributed by atoms with E-state index in [9.17, 15) is 9.59 Å². The van der Waals surface area contributed by atoms with Gasteiger partial charge in [-0.25, -0.2) is 4.68 Å². The molecule has 1 aliphatic carbocycles. The van der Waals surface area contributed by atoms with Gasteiger partial charge in [-0.1, -0.05) is 42.5 Å². The Morgan fingerprint density at radius 2 is 1.90 bits per heavy atom. The lowest BCUT2D eigenvalue weighted by Crippen LogP contribution is -2.28. The highest BCUT2D eigenvalue weighted by atomic mass is 16.2. The summed E-state index contributed by atoms with van der Waals surface area (Å²) in [5.41, 5.74) is 2.37. The maximum Gasteiger partial charge on any atom is 0.272 e.